The minimum absolute atomic E-state index is 0.332. The van der Waals surface area contributed by atoms with Crippen LogP contribution in [0.2, 0.25) is 0 Å². The number of hydrogen-bond donors (Lipinski definition) is 0. The van der Waals surface area contributed by atoms with Gasteiger partial charge in [-0.25, -0.2) is 13.9 Å². The number of aromatic nitrogens is 4. The van der Waals surface area contributed by atoms with Gasteiger partial charge < -0.3 is 4.74 Å². The smallest absolute Gasteiger partial charge is 0.414 e. The number of thioether (sulfide) groups is 1. The SMILES string of the molecule is Cn1nnnc1SC[C@H]1CN(C2=CC(F)C(c3ccc(C=O)cc3)C=C2)C(=O)O1. The van der Waals surface area contributed by atoms with Crippen LogP contribution in [-0.4, -0.2) is 62.1 Å². The normalized spacial score (nSPS) is 23.8. The van der Waals surface area contributed by atoms with Gasteiger partial charge in [0.1, 0.15) is 18.6 Å². The van der Waals surface area contributed by atoms with Gasteiger partial charge in [-0.15, -0.1) is 5.10 Å². The maximum Gasteiger partial charge on any atom is 0.414 e. The molecule has 2 aromatic rings. The molecule has 1 aliphatic carbocycles. The highest BCUT2D eigenvalue weighted by Gasteiger charge is 2.35. The third kappa shape index (κ3) is 4.07. The standard InChI is InChI=1S/C19H18FN5O3S/c1-24-18(21-22-23-24)29-11-15-9-25(19(27)28-15)14-6-7-16(17(20)8-14)13-4-2-12(10-26)3-5-13/h2-8,10,15-17H,9,11H2,1H3/t15-,16?,17?/m1/s1. The van der Waals surface area contributed by atoms with E-state index in [1.54, 1.807) is 48.1 Å². The number of nitrogens with zero attached hydrogens (tertiary/aromatic N) is 5. The topological polar surface area (TPSA) is 90.2 Å². The Labute approximate surface area is 170 Å². The minimum atomic E-state index is -1.29. The summed E-state index contributed by atoms with van der Waals surface area (Å²) in [4.78, 5) is 24.5. The van der Waals surface area contributed by atoms with Gasteiger partial charge in [0.25, 0.3) is 0 Å². The second-order valence-electron chi connectivity index (χ2n) is 6.72. The van der Waals surface area contributed by atoms with Crippen LogP contribution in [0.1, 0.15) is 21.8 Å². The van der Waals surface area contributed by atoms with Crippen molar-refractivity contribution >= 4 is 24.1 Å². The first-order valence-electron chi connectivity index (χ1n) is 8.97. The van der Waals surface area contributed by atoms with E-state index in [9.17, 15) is 14.0 Å². The number of tetrazole rings is 1. The van der Waals surface area contributed by atoms with E-state index in [1.807, 2.05) is 0 Å². The number of hydrogen-bond acceptors (Lipinski definition) is 7. The van der Waals surface area contributed by atoms with Crippen LogP contribution >= 0.6 is 11.8 Å². The first-order valence-corrected chi connectivity index (χ1v) is 9.96. The number of ether oxygens (including phenoxy) is 1. The van der Waals surface area contributed by atoms with Crippen LogP contribution < -0.4 is 0 Å². The van der Waals surface area contributed by atoms with Crippen LogP contribution in [-0.2, 0) is 11.8 Å². The Morgan fingerprint density at radius 1 is 1.34 bits per heavy atom. The van der Waals surface area contributed by atoms with Gasteiger partial charge >= 0.3 is 6.09 Å². The van der Waals surface area contributed by atoms with Crippen molar-refractivity contribution in [3.63, 3.8) is 0 Å². The molecule has 0 bridgehead atoms. The van der Waals surface area contributed by atoms with Crippen LogP contribution in [0.25, 0.3) is 0 Å². The Bertz CT molecular complexity index is 974. The molecule has 1 aromatic carbocycles. The molecule has 0 radical (unpaired) electrons. The van der Waals surface area contributed by atoms with Crippen molar-refractivity contribution in [2.24, 2.45) is 7.05 Å². The Morgan fingerprint density at radius 3 is 2.79 bits per heavy atom. The van der Waals surface area contributed by atoms with Gasteiger partial charge in [0.2, 0.25) is 5.16 Å². The summed E-state index contributed by atoms with van der Waals surface area (Å²) in [6.07, 6.45) is 3.52. The number of aryl methyl sites for hydroxylation is 1. The zero-order valence-corrected chi connectivity index (χ0v) is 16.3. The van der Waals surface area contributed by atoms with E-state index in [0.717, 1.165) is 11.8 Å². The van der Waals surface area contributed by atoms with E-state index < -0.39 is 18.2 Å². The van der Waals surface area contributed by atoms with Crippen LogP contribution in [0.4, 0.5) is 9.18 Å². The number of cyclic esters (lactones) is 1. The minimum Gasteiger partial charge on any atom is -0.443 e. The van der Waals surface area contributed by atoms with Gasteiger partial charge in [0.05, 0.1) is 6.54 Å². The third-order valence-corrected chi connectivity index (χ3v) is 5.91. The predicted molar refractivity (Wildman–Crippen MR) is 103 cm³/mol. The van der Waals surface area contributed by atoms with E-state index in [2.05, 4.69) is 15.5 Å². The van der Waals surface area contributed by atoms with Crippen molar-refractivity contribution in [2.75, 3.05) is 12.3 Å². The number of carbonyl (C=O) groups is 2. The monoisotopic (exact) mass is 415 g/mol. The van der Waals surface area contributed by atoms with Crippen molar-refractivity contribution < 1.29 is 18.7 Å². The molecule has 29 heavy (non-hydrogen) atoms. The van der Waals surface area contributed by atoms with E-state index in [4.69, 9.17) is 4.74 Å². The molecule has 2 aliphatic rings. The van der Waals surface area contributed by atoms with Gasteiger partial charge in [0.15, 0.2) is 0 Å². The number of alkyl halides is 1. The molecule has 1 aromatic heterocycles. The van der Waals surface area contributed by atoms with Crippen molar-refractivity contribution in [1.29, 1.82) is 0 Å². The third-order valence-electron chi connectivity index (χ3n) is 4.77. The van der Waals surface area contributed by atoms with Gasteiger partial charge in [-0.2, -0.15) is 0 Å². The summed E-state index contributed by atoms with van der Waals surface area (Å²) >= 11 is 1.39. The van der Waals surface area contributed by atoms with Gasteiger partial charge in [-0.1, -0.05) is 42.1 Å². The Hall–Kier alpha value is -3.01. The first kappa shape index (κ1) is 19.3. The molecule has 8 nitrogen and oxygen atoms in total. The molecule has 0 spiro atoms. The molecule has 0 N–H and O–H groups in total. The summed E-state index contributed by atoms with van der Waals surface area (Å²) in [5.74, 6) is 0.0333. The van der Waals surface area contributed by atoms with E-state index >= 15 is 0 Å². The number of carbonyl (C=O) groups excluding carboxylic acids is 2. The fourth-order valence-corrected chi connectivity index (χ4v) is 4.06. The van der Waals surface area contributed by atoms with Crippen LogP contribution in [0.3, 0.4) is 0 Å². The van der Waals surface area contributed by atoms with E-state index in [0.29, 0.717) is 28.7 Å². The molecule has 0 saturated carbocycles. The highest BCUT2D eigenvalue weighted by Crippen LogP contribution is 2.32. The molecule has 2 heterocycles. The number of allylic oxidation sites excluding steroid dienone is 3. The van der Waals surface area contributed by atoms with Gasteiger partial charge in [-0.3, -0.25) is 9.69 Å². The lowest BCUT2D eigenvalue weighted by atomic mass is 9.89. The largest absolute Gasteiger partial charge is 0.443 e. The fourth-order valence-electron chi connectivity index (χ4n) is 3.23. The van der Waals surface area contributed by atoms with Crippen LogP contribution in [0, 0.1) is 0 Å². The first-order chi connectivity index (χ1) is 14.0. The molecule has 10 heteroatoms. The number of amides is 1. The van der Waals surface area contributed by atoms with Crippen molar-refractivity contribution in [3.05, 3.63) is 59.3 Å². The summed E-state index contributed by atoms with van der Waals surface area (Å²) in [6.45, 7) is 0.332. The molecular formula is C19H18FN5O3S. The Balaban J connectivity index is 1.39. The summed E-state index contributed by atoms with van der Waals surface area (Å²) in [7, 11) is 1.73. The Kier molecular flexibility index (Phi) is 5.43. The fraction of sp³-hybridized carbons (Fsp3) is 0.316. The lowest BCUT2D eigenvalue weighted by molar-refractivity contribution is 0.112. The molecule has 3 atom stereocenters. The average Bonchev–Trinajstić information content (AvgIpc) is 3.31. The molecule has 2 unspecified atom stereocenters. The molecule has 1 amide bonds. The summed E-state index contributed by atoms with van der Waals surface area (Å²) in [5.41, 5.74) is 1.79. The maximum atomic E-state index is 14.8. The summed E-state index contributed by atoms with van der Waals surface area (Å²) < 4.78 is 21.8. The maximum absolute atomic E-state index is 14.8. The molecule has 1 aliphatic heterocycles. The average molecular weight is 415 g/mol. The highest BCUT2D eigenvalue weighted by atomic mass is 32.2. The lowest BCUT2D eigenvalue weighted by Gasteiger charge is -2.24. The highest BCUT2D eigenvalue weighted by molar-refractivity contribution is 7.99. The quantitative estimate of drug-likeness (QED) is 0.529. The van der Waals surface area contributed by atoms with Gasteiger partial charge in [0, 0.05) is 30.0 Å². The van der Waals surface area contributed by atoms with Crippen molar-refractivity contribution in [1.82, 2.24) is 25.1 Å². The van der Waals surface area contributed by atoms with Crippen molar-refractivity contribution in [2.45, 2.75) is 23.3 Å². The summed E-state index contributed by atoms with van der Waals surface area (Å²) in [5, 5.41) is 11.8. The number of halogens is 1. The second-order valence-corrected chi connectivity index (χ2v) is 7.70. The van der Waals surface area contributed by atoms with E-state index in [-0.39, 0.29) is 6.10 Å². The molecule has 4 rings (SSSR count). The van der Waals surface area contributed by atoms with Crippen LogP contribution in [0.5, 0.6) is 0 Å². The predicted octanol–water partition coefficient (Wildman–Crippen LogP) is 2.51. The van der Waals surface area contributed by atoms with E-state index in [1.165, 1.54) is 22.7 Å². The number of aldehydes is 1. The molecule has 1 saturated heterocycles. The number of benzene rings is 1. The van der Waals surface area contributed by atoms with Gasteiger partial charge in [-0.05, 0) is 28.1 Å². The van der Waals surface area contributed by atoms with Crippen LogP contribution in [0.15, 0.2) is 53.3 Å². The lowest BCUT2D eigenvalue weighted by Crippen LogP contribution is -2.27. The molecule has 150 valence electrons. The molecular weight excluding hydrogens is 397 g/mol. The molecule has 1 fully saturated rings. The summed E-state index contributed by atoms with van der Waals surface area (Å²) in [6, 6.07) is 6.80. The Morgan fingerprint density at radius 2 is 2.14 bits per heavy atom. The zero-order valence-electron chi connectivity index (χ0n) is 15.5. The second kappa shape index (κ2) is 8.16. The van der Waals surface area contributed by atoms with Crippen molar-refractivity contribution in [3.8, 4) is 0 Å². The number of rotatable bonds is 6. The zero-order chi connectivity index (χ0) is 20.4.